The van der Waals surface area contributed by atoms with Crippen LogP contribution in [0.5, 0.6) is 0 Å². The van der Waals surface area contributed by atoms with Crippen LogP contribution in [-0.2, 0) is 9.53 Å². The van der Waals surface area contributed by atoms with Crippen LogP contribution < -0.4 is 5.32 Å². The van der Waals surface area contributed by atoms with E-state index in [-0.39, 0.29) is 17.6 Å². The zero-order chi connectivity index (χ0) is 14.8. The van der Waals surface area contributed by atoms with Crippen LogP contribution in [0.25, 0.3) is 0 Å². The van der Waals surface area contributed by atoms with Crippen LogP contribution in [0.3, 0.4) is 0 Å². The Bertz CT molecular complexity index is 345. The number of carbonyl (C=O) groups excluding carboxylic acids is 1. The van der Waals surface area contributed by atoms with E-state index >= 15 is 0 Å². The first-order chi connectivity index (χ1) is 9.37. The molecule has 1 heterocycles. The summed E-state index contributed by atoms with van der Waals surface area (Å²) >= 11 is 0. The van der Waals surface area contributed by atoms with E-state index < -0.39 is 0 Å². The summed E-state index contributed by atoms with van der Waals surface area (Å²) in [5.74, 6) is 0.655. The highest BCUT2D eigenvalue weighted by Gasteiger charge is 2.43. The molecule has 0 aromatic rings. The summed E-state index contributed by atoms with van der Waals surface area (Å²) in [6.07, 6.45) is 7.32. The van der Waals surface area contributed by atoms with Crippen LogP contribution in [0.1, 0.15) is 72.6 Å². The molecule has 3 nitrogen and oxygen atoms in total. The first-order valence-corrected chi connectivity index (χ1v) is 8.33. The van der Waals surface area contributed by atoms with Gasteiger partial charge in [0, 0.05) is 0 Å². The fourth-order valence-electron chi connectivity index (χ4n) is 4.34. The molecule has 1 N–H and O–H groups in total. The summed E-state index contributed by atoms with van der Waals surface area (Å²) in [5, 5.41) is 3.42. The molecule has 1 saturated carbocycles. The van der Waals surface area contributed by atoms with Crippen molar-refractivity contribution in [3.05, 3.63) is 0 Å². The van der Waals surface area contributed by atoms with E-state index in [4.69, 9.17) is 4.74 Å². The maximum absolute atomic E-state index is 12.7. The van der Waals surface area contributed by atoms with Crippen molar-refractivity contribution < 1.29 is 9.53 Å². The standard InChI is InChI=1S/C17H31NO2/c1-5-7-17(8-6-9-18-17)15(19)20-14-10-13(2)11-16(3,4)12-14/h13-14,18H,5-12H2,1-4H3. The molecule has 3 heteroatoms. The lowest BCUT2D eigenvalue weighted by atomic mass is 9.71. The summed E-state index contributed by atoms with van der Waals surface area (Å²) in [4.78, 5) is 12.7. The molecule has 3 atom stereocenters. The van der Waals surface area contributed by atoms with Gasteiger partial charge in [-0.1, -0.05) is 34.1 Å². The molecular weight excluding hydrogens is 250 g/mol. The first-order valence-electron chi connectivity index (χ1n) is 8.33. The maximum Gasteiger partial charge on any atom is 0.326 e. The minimum absolute atomic E-state index is 0.00625. The Morgan fingerprint density at radius 3 is 2.65 bits per heavy atom. The van der Waals surface area contributed by atoms with Gasteiger partial charge in [0.05, 0.1) is 0 Å². The van der Waals surface area contributed by atoms with E-state index in [1.54, 1.807) is 0 Å². The molecule has 2 fully saturated rings. The third-order valence-electron chi connectivity index (χ3n) is 4.93. The van der Waals surface area contributed by atoms with Gasteiger partial charge in [-0.2, -0.15) is 0 Å². The second-order valence-corrected chi connectivity index (χ2v) is 7.80. The molecule has 1 saturated heterocycles. The molecule has 116 valence electrons. The molecule has 0 aromatic carbocycles. The highest BCUT2D eigenvalue weighted by atomic mass is 16.5. The predicted octanol–water partition coefficient (Wildman–Crippen LogP) is 3.67. The van der Waals surface area contributed by atoms with Gasteiger partial charge in [-0.3, -0.25) is 4.79 Å². The molecular formula is C17H31NO2. The lowest BCUT2D eigenvalue weighted by Gasteiger charge is -2.39. The molecule has 0 spiro atoms. The Hall–Kier alpha value is -0.570. The SMILES string of the molecule is CCCC1(C(=O)OC2CC(C)CC(C)(C)C2)CCCN1. The Kier molecular flexibility index (Phi) is 4.78. The van der Waals surface area contributed by atoms with E-state index in [0.717, 1.165) is 45.1 Å². The van der Waals surface area contributed by atoms with Gasteiger partial charge in [0.25, 0.3) is 0 Å². The van der Waals surface area contributed by atoms with Crippen molar-refractivity contribution in [1.29, 1.82) is 0 Å². The van der Waals surface area contributed by atoms with Crippen molar-refractivity contribution in [2.45, 2.75) is 84.3 Å². The molecule has 20 heavy (non-hydrogen) atoms. The summed E-state index contributed by atoms with van der Waals surface area (Å²) in [6.45, 7) is 9.94. The summed E-state index contributed by atoms with van der Waals surface area (Å²) in [7, 11) is 0. The normalized spacial score (nSPS) is 36.8. The fourth-order valence-corrected chi connectivity index (χ4v) is 4.34. The van der Waals surface area contributed by atoms with Gasteiger partial charge in [0.1, 0.15) is 11.6 Å². The quantitative estimate of drug-likeness (QED) is 0.799. The molecule has 3 unspecified atom stereocenters. The highest BCUT2D eigenvalue weighted by molar-refractivity contribution is 5.81. The lowest BCUT2D eigenvalue weighted by molar-refractivity contribution is -0.161. The number of rotatable bonds is 4. The average molecular weight is 281 g/mol. The van der Waals surface area contributed by atoms with Gasteiger partial charge in [-0.25, -0.2) is 0 Å². The Morgan fingerprint density at radius 2 is 2.10 bits per heavy atom. The van der Waals surface area contributed by atoms with Crippen molar-refractivity contribution >= 4 is 5.97 Å². The minimum atomic E-state index is -0.389. The van der Waals surface area contributed by atoms with Crippen molar-refractivity contribution in [2.24, 2.45) is 11.3 Å². The zero-order valence-electron chi connectivity index (χ0n) is 13.6. The summed E-state index contributed by atoms with van der Waals surface area (Å²) in [6, 6.07) is 0. The van der Waals surface area contributed by atoms with E-state index in [9.17, 15) is 4.79 Å². The van der Waals surface area contributed by atoms with Crippen LogP contribution in [-0.4, -0.2) is 24.2 Å². The molecule has 0 amide bonds. The van der Waals surface area contributed by atoms with Crippen LogP contribution in [0.15, 0.2) is 0 Å². The highest BCUT2D eigenvalue weighted by Crippen LogP contribution is 2.40. The number of nitrogens with one attached hydrogen (secondary N) is 1. The second kappa shape index (κ2) is 6.05. The number of carbonyl (C=O) groups is 1. The Labute approximate surface area is 123 Å². The number of hydrogen-bond acceptors (Lipinski definition) is 3. The predicted molar refractivity (Wildman–Crippen MR) is 81.6 cm³/mol. The molecule has 0 aromatic heterocycles. The second-order valence-electron chi connectivity index (χ2n) is 7.80. The monoisotopic (exact) mass is 281 g/mol. The van der Waals surface area contributed by atoms with Gasteiger partial charge < -0.3 is 10.1 Å². The molecule has 0 bridgehead atoms. The number of ether oxygens (including phenoxy) is 1. The van der Waals surface area contributed by atoms with Gasteiger partial charge >= 0.3 is 5.97 Å². The third-order valence-corrected chi connectivity index (χ3v) is 4.93. The molecule has 2 aliphatic rings. The smallest absolute Gasteiger partial charge is 0.326 e. The number of esters is 1. The third kappa shape index (κ3) is 3.55. The molecule has 1 aliphatic carbocycles. The van der Waals surface area contributed by atoms with Crippen LogP contribution in [0.2, 0.25) is 0 Å². The van der Waals surface area contributed by atoms with Gasteiger partial charge in [0.2, 0.25) is 0 Å². The van der Waals surface area contributed by atoms with Crippen molar-refractivity contribution in [1.82, 2.24) is 5.32 Å². The average Bonchev–Trinajstić information content (AvgIpc) is 2.76. The van der Waals surface area contributed by atoms with E-state index in [1.807, 2.05) is 0 Å². The molecule has 2 rings (SSSR count). The largest absolute Gasteiger partial charge is 0.461 e. The van der Waals surface area contributed by atoms with Crippen molar-refractivity contribution in [2.75, 3.05) is 6.54 Å². The molecule has 0 radical (unpaired) electrons. The molecule has 1 aliphatic heterocycles. The lowest BCUT2D eigenvalue weighted by Crippen LogP contribution is -2.50. The van der Waals surface area contributed by atoms with Crippen molar-refractivity contribution in [3.63, 3.8) is 0 Å². The van der Waals surface area contributed by atoms with Gasteiger partial charge in [0.15, 0.2) is 0 Å². The maximum atomic E-state index is 12.7. The summed E-state index contributed by atoms with van der Waals surface area (Å²) < 4.78 is 5.94. The van der Waals surface area contributed by atoms with Crippen LogP contribution >= 0.6 is 0 Å². The van der Waals surface area contributed by atoms with Crippen LogP contribution in [0, 0.1) is 11.3 Å². The fraction of sp³-hybridized carbons (Fsp3) is 0.941. The van der Waals surface area contributed by atoms with E-state index in [2.05, 4.69) is 33.0 Å². The first kappa shape index (κ1) is 15.8. The van der Waals surface area contributed by atoms with Gasteiger partial charge in [-0.15, -0.1) is 0 Å². The minimum Gasteiger partial charge on any atom is -0.461 e. The van der Waals surface area contributed by atoms with Gasteiger partial charge in [-0.05, 0) is 56.4 Å². The summed E-state index contributed by atoms with van der Waals surface area (Å²) in [5.41, 5.74) is -0.0940. The topological polar surface area (TPSA) is 38.3 Å². The van der Waals surface area contributed by atoms with E-state index in [0.29, 0.717) is 11.3 Å². The zero-order valence-corrected chi connectivity index (χ0v) is 13.6. The Balaban J connectivity index is 1.99. The van der Waals surface area contributed by atoms with Crippen LogP contribution in [0.4, 0.5) is 0 Å². The van der Waals surface area contributed by atoms with E-state index in [1.165, 1.54) is 6.42 Å². The van der Waals surface area contributed by atoms with Crippen molar-refractivity contribution in [3.8, 4) is 0 Å². The Morgan fingerprint density at radius 1 is 1.35 bits per heavy atom. The number of hydrogen-bond donors (Lipinski definition) is 1.